The van der Waals surface area contributed by atoms with Crippen molar-refractivity contribution in [3.05, 3.63) is 0 Å². The summed E-state index contributed by atoms with van der Waals surface area (Å²) < 4.78 is 0. The van der Waals surface area contributed by atoms with E-state index in [9.17, 15) is 0 Å². The number of nitrogens with two attached hydrogens (primary N) is 1. The molecule has 0 aromatic rings. The normalized spacial score (nSPS) is 5.00. The quantitative estimate of drug-likeness (QED) is 0.161. The van der Waals surface area contributed by atoms with E-state index in [4.69, 9.17) is 10.7 Å². The molecule has 40 valence electrons. The van der Waals surface area contributed by atoms with Crippen molar-refractivity contribution in [2.75, 3.05) is 0 Å². The van der Waals surface area contributed by atoms with Crippen LogP contribution in [0.2, 0.25) is 0 Å². The fourth-order valence-electron chi connectivity index (χ4n) is 0.0602. The predicted octanol–water partition coefficient (Wildman–Crippen LogP) is -0.897. The largest absolute Gasteiger partial charge is 0.369 e. The zero-order valence-corrected chi connectivity index (χ0v) is 3.43. The second-order valence-electron chi connectivity index (χ2n) is 0.650. The summed E-state index contributed by atoms with van der Waals surface area (Å²) in [6.45, 7) is 0. The maximum Gasteiger partial charge on any atom is 0.199 e. The number of nitrogens with zero attached hydrogens (tertiary/aromatic N) is 1. The fraction of sp³-hybridized carbons (Fsp3) is 0. The van der Waals surface area contributed by atoms with E-state index in [1.807, 2.05) is 5.32 Å². The number of halogens is 1. The summed E-state index contributed by atoms with van der Waals surface area (Å²) in [5.74, 6) is -0.322. The van der Waals surface area contributed by atoms with Crippen LogP contribution in [0.1, 0.15) is 0 Å². The van der Waals surface area contributed by atoms with E-state index < -0.39 is 0 Å². The van der Waals surface area contributed by atoms with Gasteiger partial charge in [-0.05, 0) is 0 Å². The maximum atomic E-state index is 7.65. The van der Waals surface area contributed by atoms with Gasteiger partial charge in [0.1, 0.15) is 0 Å². The van der Waals surface area contributed by atoms with Crippen LogP contribution in [0.25, 0.3) is 0 Å². The summed E-state index contributed by atoms with van der Waals surface area (Å²) in [5, 5.41) is 15.9. The Morgan fingerprint density at radius 1 is 1.86 bits per heavy atom. The molecular weight excluding hydrogens is 99.0 g/mol. The van der Waals surface area contributed by atoms with Crippen molar-refractivity contribution in [3.8, 4) is 6.19 Å². The first-order valence-electron chi connectivity index (χ1n) is 1.26. The van der Waals surface area contributed by atoms with Crippen molar-refractivity contribution >= 4 is 5.96 Å². The van der Waals surface area contributed by atoms with E-state index in [1.165, 1.54) is 6.19 Å². The molecule has 0 fully saturated rings. The maximum absolute atomic E-state index is 7.65. The lowest BCUT2D eigenvalue weighted by Crippen LogP contribution is -2.25. The van der Waals surface area contributed by atoms with Crippen LogP contribution < -0.4 is 11.1 Å². The standard InChI is InChI=1S/C2H4N4.FH/c3-1-6-2(4)5;/h(H4,4,5,6);1H. The number of hydrogen-bond donors (Lipinski definition) is 3. The minimum atomic E-state index is -0.322. The Balaban J connectivity index is 0. The molecule has 0 bridgehead atoms. The highest BCUT2D eigenvalue weighted by Gasteiger charge is 1.73. The molecular formula is C2H5FN4. The van der Waals surface area contributed by atoms with Crippen LogP contribution in [0.5, 0.6) is 0 Å². The SMILES string of the molecule is F.N#CNC(=N)N. The number of guanidine groups is 1. The Bertz CT molecular complexity index is 92.4. The van der Waals surface area contributed by atoms with E-state index >= 15 is 0 Å². The molecule has 0 aromatic heterocycles. The van der Waals surface area contributed by atoms with Gasteiger partial charge in [0.05, 0.1) is 0 Å². The van der Waals surface area contributed by atoms with Crippen LogP contribution in [0, 0.1) is 16.9 Å². The molecule has 0 aliphatic heterocycles. The van der Waals surface area contributed by atoms with E-state index in [-0.39, 0.29) is 10.7 Å². The number of nitrogens with one attached hydrogen (secondary N) is 2. The minimum Gasteiger partial charge on any atom is -0.369 e. The summed E-state index contributed by atoms with van der Waals surface area (Å²) in [5.41, 5.74) is 4.65. The Labute approximate surface area is 39.8 Å². The highest BCUT2D eigenvalue weighted by molar-refractivity contribution is 5.75. The van der Waals surface area contributed by atoms with Gasteiger partial charge in [0, 0.05) is 0 Å². The van der Waals surface area contributed by atoms with Gasteiger partial charge in [-0.25, -0.2) is 0 Å². The first-order chi connectivity index (χ1) is 2.77. The van der Waals surface area contributed by atoms with Crippen LogP contribution in [0.3, 0.4) is 0 Å². The molecule has 0 atom stereocenters. The lowest BCUT2D eigenvalue weighted by molar-refractivity contribution is 1.11. The molecule has 0 heterocycles. The Morgan fingerprint density at radius 3 is 2.29 bits per heavy atom. The zero-order valence-electron chi connectivity index (χ0n) is 3.43. The van der Waals surface area contributed by atoms with Crippen LogP contribution >= 0.6 is 0 Å². The average molecular weight is 104 g/mol. The van der Waals surface area contributed by atoms with Gasteiger partial charge in [-0.15, -0.1) is 0 Å². The lowest BCUT2D eigenvalue weighted by Gasteiger charge is -1.82. The van der Waals surface area contributed by atoms with Crippen LogP contribution in [0.4, 0.5) is 4.70 Å². The summed E-state index contributed by atoms with van der Waals surface area (Å²) in [6, 6.07) is 0. The smallest absolute Gasteiger partial charge is 0.199 e. The molecule has 7 heavy (non-hydrogen) atoms. The summed E-state index contributed by atoms with van der Waals surface area (Å²) in [7, 11) is 0. The van der Waals surface area contributed by atoms with E-state index in [2.05, 4.69) is 5.73 Å². The first-order valence-corrected chi connectivity index (χ1v) is 1.26. The molecule has 0 spiro atoms. The summed E-state index contributed by atoms with van der Waals surface area (Å²) >= 11 is 0. The lowest BCUT2D eigenvalue weighted by atomic mass is 11.0. The minimum absolute atomic E-state index is 0. The molecule has 0 aliphatic carbocycles. The van der Waals surface area contributed by atoms with E-state index in [0.717, 1.165) is 0 Å². The van der Waals surface area contributed by atoms with Gasteiger partial charge in [-0.3, -0.25) is 15.4 Å². The Hall–Kier alpha value is -1.31. The summed E-state index contributed by atoms with van der Waals surface area (Å²) in [4.78, 5) is 0. The van der Waals surface area contributed by atoms with Gasteiger partial charge in [0.15, 0.2) is 12.2 Å². The third-order valence-corrected chi connectivity index (χ3v) is 0.191. The van der Waals surface area contributed by atoms with Crippen molar-refractivity contribution < 1.29 is 4.70 Å². The Morgan fingerprint density at radius 2 is 2.29 bits per heavy atom. The first kappa shape index (κ1) is 9.19. The monoisotopic (exact) mass is 104 g/mol. The molecule has 4 nitrogen and oxygen atoms in total. The number of hydrogen-bond acceptors (Lipinski definition) is 2. The van der Waals surface area contributed by atoms with Crippen molar-refractivity contribution in [1.82, 2.24) is 5.32 Å². The van der Waals surface area contributed by atoms with E-state index in [1.54, 1.807) is 0 Å². The summed E-state index contributed by atoms with van der Waals surface area (Å²) in [6.07, 6.45) is 1.47. The van der Waals surface area contributed by atoms with Crippen molar-refractivity contribution in [3.63, 3.8) is 0 Å². The molecule has 0 saturated carbocycles. The third-order valence-electron chi connectivity index (χ3n) is 0.191. The molecule has 0 saturated heterocycles. The molecule has 0 aromatic carbocycles. The predicted molar refractivity (Wildman–Crippen MR) is 23.2 cm³/mol. The molecule has 0 amide bonds. The highest BCUT2D eigenvalue weighted by Crippen LogP contribution is 1.37. The third kappa shape index (κ3) is 11.9. The van der Waals surface area contributed by atoms with Gasteiger partial charge in [-0.1, -0.05) is 0 Å². The van der Waals surface area contributed by atoms with Crippen molar-refractivity contribution in [2.45, 2.75) is 0 Å². The number of nitriles is 1. The highest BCUT2D eigenvalue weighted by atomic mass is 19.0. The molecule has 0 radical (unpaired) electrons. The molecule has 0 unspecified atom stereocenters. The second kappa shape index (κ2) is 4.69. The van der Waals surface area contributed by atoms with Gasteiger partial charge in [-0.2, -0.15) is 5.26 Å². The molecule has 0 rings (SSSR count). The average Bonchev–Trinajstić information content (AvgIpc) is 1.35. The topological polar surface area (TPSA) is 85.7 Å². The fourth-order valence-corrected chi connectivity index (χ4v) is 0.0602. The molecule has 0 aliphatic rings. The van der Waals surface area contributed by atoms with Gasteiger partial charge >= 0.3 is 0 Å². The van der Waals surface area contributed by atoms with E-state index in [0.29, 0.717) is 0 Å². The number of rotatable bonds is 0. The van der Waals surface area contributed by atoms with Crippen molar-refractivity contribution in [2.24, 2.45) is 5.73 Å². The molecule has 5 heteroatoms. The van der Waals surface area contributed by atoms with Gasteiger partial charge < -0.3 is 5.73 Å². The zero-order chi connectivity index (χ0) is 4.99. The van der Waals surface area contributed by atoms with Gasteiger partial charge in [0.2, 0.25) is 0 Å². The second-order valence-corrected chi connectivity index (χ2v) is 0.650. The Kier molecular flexibility index (Phi) is 6.16. The molecule has 4 N–H and O–H groups in total. The van der Waals surface area contributed by atoms with Crippen LogP contribution in [-0.4, -0.2) is 5.96 Å². The van der Waals surface area contributed by atoms with Crippen LogP contribution in [-0.2, 0) is 0 Å². The van der Waals surface area contributed by atoms with Crippen molar-refractivity contribution in [1.29, 1.82) is 10.7 Å². The van der Waals surface area contributed by atoms with Crippen LogP contribution in [0.15, 0.2) is 0 Å². The van der Waals surface area contributed by atoms with Gasteiger partial charge in [0.25, 0.3) is 0 Å².